The van der Waals surface area contributed by atoms with Gasteiger partial charge in [-0.05, 0) is 20.8 Å². The number of ether oxygens (including phenoxy) is 1. The maximum Gasteiger partial charge on any atom is 0.353 e. The van der Waals surface area contributed by atoms with Gasteiger partial charge < -0.3 is 25.3 Å². The van der Waals surface area contributed by atoms with E-state index in [0.717, 1.165) is 28.0 Å². The topological polar surface area (TPSA) is 177 Å². The molecule has 3 N–H and O–H groups in total. The third-order valence-corrected chi connectivity index (χ3v) is 7.31. The van der Waals surface area contributed by atoms with E-state index in [-0.39, 0.29) is 31.6 Å². The number of aliphatic carboxylic acids is 1. The summed E-state index contributed by atoms with van der Waals surface area (Å²) in [6.45, 7) is 4.33. The van der Waals surface area contributed by atoms with Gasteiger partial charge in [0.05, 0.1) is 5.03 Å². The quantitative estimate of drug-likeness (QED) is 0.127. The second-order valence-electron chi connectivity index (χ2n) is 8.12. The standard InChI is InChI=1S/C19H19Cl2N5O8S2/c1-19(2,3)34-8(28)4-33-25-10(9-13(21)36-18(24-9)22-6-27)14(29)23-11-15(30)26-12(17(31)32)7(20)5-35-16(11)26/h6,11,16H,4-5H2,1-3H3,(H,23,29)(H,31,32)(H,22,24,27)/t11?,16-/m0/s1. The van der Waals surface area contributed by atoms with Gasteiger partial charge in [-0.15, -0.1) is 11.8 Å². The molecule has 1 aromatic heterocycles. The Morgan fingerprint density at radius 2 is 2.03 bits per heavy atom. The second-order valence-corrected chi connectivity index (χ2v) is 11.3. The van der Waals surface area contributed by atoms with Crippen LogP contribution in [0.25, 0.3) is 0 Å². The summed E-state index contributed by atoms with van der Waals surface area (Å²) in [5.41, 5.74) is -1.80. The van der Waals surface area contributed by atoms with Crippen molar-refractivity contribution in [2.45, 2.75) is 37.8 Å². The van der Waals surface area contributed by atoms with Gasteiger partial charge in [0.25, 0.3) is 11.8 Å². The number of nitrogens with one attached hydrogen (secondary N) is 2. The first-order valence-electron chi connectivity index (χ1n) is 10.00. The van der Waals surface area contributed by atoms with Crippen molar-refractivity contribution < 1.29 is 38.7 Å². The van der Waals surface area contributed by atoms with E-state index in [0.29, 0.717) is 6.41 Å². The fourth-order valence-electron chi connectivity index (χ4n) is 3.06. The summed E-state index contributed by atoms with van der Waals surface area (Å²) in [5.74, 6) is -3.64. The molecule has 1 aromatic rings. The number of aromatic nitrogens is 1. The van der Waals surface area contributed by atoms with Crippen molar-refractivity contribution in [3.63, 3.8) is 0 Å². The molecule has 0 spiro atoms. The lowest BCUT2D eigenvalue weighted by Gasteiger charge is -2.48. The Labute approximate surface area is 222 Å². The van der Waals surface area contributed by atoms with Crippen molar-refractivity contribution in [1.29, 1.82) is 0 Å². The number of rotatable bonds is 9. The van der Waals surface area contributed by atoms with Gasteiger partial charge in [-0.3, -0.25) is 19.3 Å². The zero-order valence-corrected chi connectivity index (χ0v) is 22.0. The maximum absolute atomic E-state index is 13.1. The van der Waals surface area contributed by atoms with E-state index in [9.17, 15) is 29.1 Å². The first kappa shape index (κ1) is 27.7. The van der Waals surface area contributed by atoms with E-state index in [1.807, 2.05) is 0 Å². The zero-order valence-electron chi connectivity index (χ0n) is 18.9. The fraction of sp³-hybridized carbons (Fsp3) is 0.421. The molecule has 0 radical (unpaired) electrons. The summed E-state index contributed by atoms with van der Waals surface area (Å²) in [6, 6.07) is -1.11. The number of carboxylic acid groups (broad SMARTS) is 1. The van der Waals surface area contributed by atoms with Crippen molar-refractivity contribution in [3.8, 4) is 0 Å². The average molecular weight is 580 g/mol. The summed E-state index contributed by atoms with van der Waals surface area (Å²) in [6.07, 6.45) is 0.357. The Morgan fingerprint density at radius 3 is 2.64 bits per heavy atom. The Morgan fingerprint density at radius 1 is 1.33 bits per heavy atom. The van der Waals surface area contributed by atoms with Gasteiger partial charge in [-0.2, -0.15) is 0 Å². The lowest BCUT2D eigenvalue weighted by molar-refractivity contribution is -0.160. The van der Waals surface area contributed by atoms with Gasteiger partial charge in [0.2, 0.25) is 13.0 Å². The highest BCUT2D eigenvalue weighted by molar-refractivity contribution is 8.00. The van der Waals surface area contributed by atoms with Crippen LogP contribution in [0, 0.1) is 0 Å². The molecule has 3 amide bonds. The van der Waals surface area contributed by atoms with Gasteiger partial charge in [-0.1, -0.05) is 39.7 Å². The summed E-state index contributed by atoms with van der Waals surface area (Å²) in [4.78, 5) is 70.0. The van der Waals surface area contributed by atoms with Gasteiger partial charge in [0, 0.05) is 5.75 Å². The number of carboxylic acids is 1. The molecule has 1 fully saturated rings. The molecular weight excluding hydrogens is 561 g/mol. The zero-order chi connectivity index (χ0) is 26.8. The van der Waals surface area contributed by atoms with E-state index in [1.165, 1.54) is 0 Å². The predicted octanol–water partition coefficient (Wildman–Crippen LogP) is 1.36. The van der Waals surface area contributed by atoms with E-state index >= 15 is 0 Å². The van der Waals surface area contributed by atoms with Gasteiger partial charge in [-0.25, -0.2) is 14.6 Å². The van der Waals surface area contributed by atoms with Crippen LogP contribution in [0.4, 0.5) is 5.13 Å². The number of anilines is 1. The highest BCUT2D eigenvalue weighted by Gasteiger charge is 2.54. The number of hydrogen-bond donors (Lipinski definition) is 3. The molecule has 2 aliphatic heterocycles. The molecule has 0 aliphatic carbocycles. The van der Waals surface area contributed by atoms with Crippen LogP contribution in [-0.4, -0.2) is 80.2 Å². The van der Waals surface area contributed by atoms with Crippen LogP contribution in [0.1, 0.15) is 26.5 Å². The molecule has 3 heterocycles. The summed E-state index contributed by atoms with van der Waals surface area (Å²) in [7, 11) is 0. The van der Waals surface area contributed by atoms with E-state index < -0.39 is 53.1 Å². The maximum atomic E-state index is 13.1. The van der Waals surface area contributed by atoms with Gasteiger partial charge >= 0.3 is 11.9 Å². The molecule has 0 aromatic carbocycles. The van der Waals surface area contributed by atoms with Crippen LogP contribution in [0.15, 0.2) is 15.9 Å². The van der Waals surface area contributed by atoms with E-state index in [1.54, 1.807) is 20.8 Å². The number of hydrogen-bond acceptors (Lipinski definition) is 11. The second kappa shape index (κ2) is 11.0. The SMILES string of the molecule is CC(C)(C)OC(=O)CON=C(C(=O)NC1C(=O)N2C(C(=O)O)=C(Cl)CS[C@@H]12)c1nc(NC=O)sc1Cl. The fourth-order valence-corrected chi connectivity index (χ4v) is 5.62. The molecule has 17 heteroatoms. The lowest BCUT2D eigenvalue weighted by atomic mass is 10.0. The molecule has 3 rings (SSSR count). The number of oxime groups is 1. The molecule has 36 heavy (non-hydrogen) atoms. The summed E-state index contributed by atoms with van der Waals surface area (Å²) < 4.78 is 5.07. The number of thioether (sulfide) groups is 1. The van der Waals surface area contributed by atoms with E-state index in [4.69, 9.17) is 32.8 Å². The van der Waals surface area contributed by atoms with Crippen LogP contribution in [0.3, 0.4) is 0 Å². The van der Waals surface area contributed by atoms with Crippen molar-refractivity contribution in [2.24, 2.45) is 5.16 Å². The monoisotopic (exact) mass is 579 g/mol. The van der Waals surface area contributed by atoms with Gasteiger partial charge in [0.15, 0.2) is 10.8 Å². The third kappa shape index (κ3) is 6.08. The van der Waals surface area contributed by atoms with Crippen molar-refractivity contribution in [1.82, 2.24) is 15.2 Å². The van der Waals surface area contributed by atoms with Crippen LogP contribution >= 0.6 is 46.3 Å². The smallest absolute Gasteiger partial charge is 0.353 e. The third-order valence-electron chi connectivity index (χ3n) is 4.38. The minimum atomic E-state index is -1.37. The molecule has 2 atom stereocenters. The predicted molar refractivity (Wildman–Crippen MR) is 131 cm³/mol. The number of fused-ring (bicyclic) bond motifs is 1. The first-order valence-corrected chi connectivity index (χ1v) is 12.6. The Bertz CT molecular complexity index is 1180. The van der Waals surface area contributed by atoms with Crippen molar-refractivity contribution >= 4 is 87.3 Å². The number of nitrogens with zero attached hydrogens (tertiary/aromatic N) is 3. The number of amides is 3. The molecule has 1 unspecified atom stereocenters. The lowest BCUT2D eigenvalue weighted by Crippen LogP contribution is -2.71. The molecule has 13 nitrogen and oxygen atoms in total. The number of carbonyl (C=O) groups excluding carboxylic acids is 4. The molecular formula is C19H19Cl2N5O8S2. The van der Waals surface area contributed by atoms with Gasteiger partial charge in [0.1, 0.15) is 32.7 Å². The average Bonchev–Trinajstić information content (AvgIpc) is 3.13. The van der Waals surface area contributed by atoms with E-state index in [2.05, 4.69) is 20.8 Å². The van der Waals surface area contributed by atoms with Crippen LogP contribution in [0.5, 0.6) is 0 Å². The van der Waals surface area contributed by atoms with Crippen molar-refractivity contribution in [2.75, 3.05) is 17.7 Å². The minimum Gasteiger partial charge on any atom is -0.477 e. The summed E-state index contributed by atoms with van der Waals surface area (Å²) >= 11 is 14.1. The number of thiazole rings is 1. The molecule has 0 bridgehead atoms. The molecule has 0 saturated carbocycles. The number of β-lactam (4-membered cyclic amide) rings is 1. The Kier molecular flexibility index (Phi) is 8.48. The number of halogens is 2. The normalized spacial score (nSPS) is 19.8. The number of carbonyl (C=O) groups is 5. The highest BCUT2D eigenvalue weighted by Crippen LogP contribution is 2.41. The molecule has 194 valence electrons. The molecule has 1 saturated heterocycles. The Hall–Kier alpha value is -2.88. The minimum absolute atomic E-state index is 0.00383. The van der Waals surface area contributed by atoms with Crippen LogP contribution < -0.4 is 10.6 Å². The largest absolute Gasteiger partial charge is 0.477 e. The highest BCUT2D eigenvalue weighted by atomic mass is 35.5. The van der Waals surface area contributed by atoms with Crippen LogP contribution in [-0.2, 0) is 33.5 Å². The Balaban J connectivity index is 1.82. The summed E-state index contributed by atoms with van der Waals surface area (Å²) in [5, 5.41) is 17.2. The number of esters is 1. The van der Waals surface area contributed by atoms with Crippen molar-refractivity contribution in [3.05, 3.63) is 20.8 Å². The van der Waals surface area contributed by atoms with Crippen LogP contribution in [0.2, 0.25) is 4.34 Å². The molecule has 2 aliphatic rings. The first-order chi connectivity index (χ1) is 16.8.